The summed E-state index contributed by atoms with van der Waals surface area (Å²) in [6.45, 7) is 2.17. The molecular weight excluding hydrogens is 260 g/mol. The molecule has 0 radical (unpaired) electrons. The molecule has 2 aromatic rings. The van der Waals surface area contributed by atoms with E-state index in [-0.39, 0.29) is 17.9 Å². The molecule has 0 amide bonds. The highest BCUT2D eigenvalue weighted by molar-refractivity contribution is 5.51. The highest BCUT2D eigenvalue weighted by Crippen LogP contribution is 2.13. The Hall–Kier alpha value is -2.75. The van der Waals surface area contributed by atoms with Gasteiger partial charge in [-0.1, -0.05) is 0 Å². The fraction of sp³-hybridized carbons (Fsp3) is 0.308. The average molecular weight is 274 g/mol. The molecule has 0 spiro atoms. The van der Waals surface area contributed by atoms with Crippen molar-refractivity contribution in [2.24, 2.45) is 14.1 Å². The van der Waals surface area contributed by atoms with Crippen LogP contribution in [0.25, 0.3) is 0 Å². The number of rotatable bonds is 3. The third-order valence-corrected chi connectivity index (χ3v) is 3.16. The lowest BCUT2D eigenvalue weighted by atomic mass is 10.2. The Kier molecular flexibility index (Phi) is 3.48. The Morgan fingerprint density at radius 3 is 2.60 bits per heavy atom. The van der Waals surface area contributed by atoms with Crippen LogP contribution in [0.15, 0.2) is 26.3 Å². The maximum atomic E-state index is 11.9. The van der Waals surface area contributed by atoms with E-state index in [4.69, 9.17) is 9.68 Å². The van der Waals surface area contributed by atoms with E-state index < -0.39 is 11.2 Å². The summed E-state index contributed by atoms with van der Waals surface area (Å²) in [7, 11) is 2.84. The molecule has 20 heavy (non-hydrogen) atoms. The van der Waals surface area contributed by atoms with Gasteiger partial charge in [0.05, 0.1) is 12.8 Å². The Morgan fingerprint density at radius 2 is 2.05 bits per heavy atom. The lowest BCUT2D eigenvalue weighted by Gasteiger charge is -2.13. The first kappa shape index (κ1) is 13.7. The fourth-order valence-corrected chi connectivity index (χ4v) is 1.90. The highest BCUT2D eigenvalue weighted by Gasteiger charge is 2.15. The third kappa shape index (κ3) is 2.12. The zero-order valence-electron chi connectivity index (χ0n) is 11.4. The number of nitrogens with one attached hydrogen (secondary N) is 1. The lowest BCUT2D eigenvalue weighted by Crippen LogP contribution is -2.39. The number of nitrogens with zero attached hydrogens (tertiary/aromatic N) is 3. The minimum Gasteiger partial charge on any atom is -0.467 e. The molecule has 7 heteroatoms. The zero-order chi connectivity index (χ0) is 14.9. The minimum atomic E-state index is -0.616. The van der Waals surface area contributed by atoms with Gasteiger partial charge in [-0.15, -0.1) is 0 Å². The molecule has 0 aromatic carbocycles. The predicted octanol–water partition coefficient (Wildman–Crippen LogP) is 0.469. The molecule has 2 rings (SSSR count). The van der Waals surface area contributed by atoms with Crippen molar-refractivity contribution >= 4 is 5.82 Å². The minimum absolute atomic E-state index is 0.0983. The van der Waals surface area contributed by atoms with Crippen molar-refractivity contribution in [3.8, 4) is 6.07 Å². The molecule has 0 saturated heterocycles. The predicted molar refractivity (Wildman–Crippen MR) is 72.4 cm³/mol. The van der Waals surface area contributed by atoms with Crippen LogP contribution in [0.5, 0.6) is 0 Å². The van der Waals surface area contributed by atoms with Crippen LogP contribution >= 0.6 is 0 Å². The molecule has 2 aromatic heterocycles. The van der Waals surface area contributed by atoms with Gasteiger partial charge in [0.15, 0.2) is 5.56 Å². The van der Waals surface area contributed by atoms with E-state index in [0.717, 1.165) is 10.1 Å². The number of anilines is 1. The number of furan rings is 1. The smallest absolute Gasteiger partial charge is 0.332 e. The molecule has 0 saturated carbocycles. The lowest BCUT2D eigenvalue weighted by molar-refractivity contribution is 0.514. The molecule has 0 fully saturated rings. The van der Waals surface area contributed by atoms with Gasteiger partial charge in [-0.05, 0) is 18.6 Å². The molecule has 0 unspecified atom stereocenters. The Morgan fingerprint density at radius 1 is 1.35 bits per heavy atom. The van der Waals surface area contributed by atoms with E-state index in [9.17, 15) is 9.59 Å². The summed E-state index contributed by atoms with van der Waals surface area (Å²) < 4.78 is 7.41. The summed E-state index contributed by atoms with van der Waals surface area (Å²) in [4.78, 5) is 23.7. The second-order valence-electron chi connectivity index (χ2n) is 4.42. The van der Waals surface area contributed by atoms with Crippen LogP contribution in [0, 0.1) is 18.3 Å². The first-order chi connectivity index (χ1) is 9.47. The molecule has 7 nitrogen and oxygen atoms in total. The van der Waals surface area contributed by atoms with Crippen LogP contribution in [0.4, 0.5) is 5.82 Å². The van der Waals surface area contributed by atoms with Crippen LogP contribution in [-0.2, 0) is 20.6 Å². The van der Waals surface area contributed by atoms with Crippen LogP contribution in [0.2, 0.25) is 0 Å². The van der Waals surface area contributed by atoms with Gasteiger partial charge in [-0.3, -0.25) is 13.9 Å². The van der Waals surface area contributed by atoms with Crippen molar-refractivity contribution in [3.63, 3.8) is 0 Å². The molecule has 1 N–H and O–H groups in total. The Balaban J connectivity index is 2.47. The first-order valence-corrected chi connectivity index (χ1v) is 5.94. The maximum Gasteiger partial charge on any atom is 0.332 e. The molecule has 0 bridgehead atoms. The van der Waals surface area contributed by atoms with Crippen molar-refractivity contribution in [2.45, 2.75) is 13.5 Å². The highest BCUT2D eigenvalue weighted by atomic mass is 16.3. The molecule has 0 aliphatic carbocycles. The number of aryl methyl sites for hydroxylation is 1. The van der Waals surface area contributed by atoms with Crippen molar-refractivity contribution in [3.05, 3.63) is 50.1 Å². The number of hydrogen-bond donors (Lipinski definition) is 1. The second kappa shape index (κ2) is 5.09. The molecule has 0 aliphatic rings. The Bertz CT molecular complexity index is 804. The largest absolute Gasteiger partial charge is 0.467 e. The summed E-state index contributed by atoms with van der Waals surface area (Å²) in [5.74, 6) is 0.874. The zero-order valence-corrected chi connectivity index (χ0v) is 11.4. The van der Waals surface area contributed by atoms with E-state index in [0.29, 0.717) is 5.76 Å². The van der Waals surface area contributed by atoms with Gasteiger partial charge >= 0.3 is 5.69 Å². The molecule has 0 atom stereocenters. The maximum absolute atomic E-state index is 11.9. The van der Waals surface area contributed by atoms with Gasteiger partial charge in [-0.2, -0.15) is 5.26 Å². The molecule has 0 aliphatic heterocycles. The van der Waals surface area contributed by atoms with Gasteiger partial charge in [0, 0.05) is 14.1 Å². The summed E-state index contributed by atoms with van der Waals surface area (Å²) in [5, 5.41) is 12.0. The Labute approximate surface area is 114 Å². The number of aromatic nitrogens is 2. The fourth-order valence-electron chi connectivity index (χ4n) is 1.90. The summed E-state index contributed by atoms with van der Waals surface area (Å²) in [6.07, 6.45) is 1.56. The number of hydrogen-bond acceptors (Lipinski definition) is 5. The van der Waals surface area contributed by atoms with Gasteiger partial charge < -0.3 is 9.73 Å². The number of nitriles is 1. The van der Waals surface area contributed by atoms with E-state index in [1.54, 1.807) is 6.26 Å². The average Bonchev–Trinajstić information content (AvgIpc) is 2.84. The summed E-state index contributed by atoms with van der Waals surface area (Å²) in [5.41, 5.74) is -0.259. The van der Waals surface area contributed by atoms with E-state index in [1.165, 1.54) is 18.7 Å². The van der Waals surface area contributed by atoms with Crippen molar-refractivity contribution in [1.29, 1.82) is 5.26 Å². The van der Waals surface area contributed by atoms with Crippen molar-refractivity contribution in [2.75, 3.05) is 5.32 Å². The van der Waals surface area contributed by atoms with Gasteiger partial charge in [0.1, 0.15) is 17.6 Å². The quantitative estimate of drug-likeness (QED) is 0.878. The second-order valence-corrected chi connectivity index (χ2v) is 4.42. The van der Waals surface area contributed by atoms with Gasteiger partial charge in [0.2, 0.25) is 0 Å². The van der Waals surface area contributed by atoms with E-state index in [2.05, 4.69) is 5.32 Å². The standard InChI is InChI=1S/C13H14N4O3/c1-8-4-5-20-10(8)7-15-11-9(6-14)12(18)17(3)13(19)16(11)2/h4-5,15H,7H2,1-3H3. The molecular formula is C13H14N4O3. The monoisotopic (exact) mass is 274 g/mol. The van der Waals surface area contributed by atoms with Crippen molar-refractivity contribution < 1.29 is 4.42 Å². The van der Waals surface area contributed by atoms with Crippen LogP contribution in [0.3, 0.4) is 0 Å². The third-order valence-electron chi connectivity index (χ3n) is 3.16. The summed E-state index contributed by atoms with van der Waals surface area (Å²) >= 11 is 0. The summed E-state index contributed by atoms with van der Waals surface area (Å²) in [6, 6.07) is 3.64. The van der Waals surface area contributed by atoms with Crippen LogP contribution in [-0.4, -0.2) is 9.13 Å². The van der Waals surface area contributed by atoms with Gasteiger partial charge in [0.25, 0.3) is 5.56 Å². The SMILES string of the molecule is Cc1ccoc1CNc1c(C#N)c(=O)n(C)c(=O)n1C. The van der Waals surface area contributed by atoms with Crippen LogP contribution < -0.4 is 16.6 Å². The van der Waals surface area contributed by atoms with Crippen LogP contribution in [0.1, 0.15) is 16.9 Å². The molecule has 104 valence electrons. The van der Waals surface area contributed by atoms with Crippen molar-refractivity contribution in [1.82, 2.24) is 9.13 Å². The van der Waals surface area contributed by atoms with E-state index in [1.807, 2.05) is 19.1 Å². The normalized spacial score (nSPS) is 10.3. The first-order valence-electron chi connectivity index (χ1n) is 5.94. The van der Waals surface area contributed by atoms with Gasteiger partial charge in [-0.25, -0.2) is 4.79 Å². The van der Waals surface area contributed by atoms with E-state index >= 15 is 0 Å². The topological polar surface area (TPSA) is 93.0 Å². The molecule has 2 heterocycles.